The molecular formula is C9H18N2O. The van der Waals surface area contributed by atoms with Gasteiger partial charge in [0, 0.05) is 25.6 Å². The Morgan fingerprint density at radius 2 is 2.25 bits per heavy atom. The lowest BCUT2D eigenvalue weighted by atomic mass is 9.96. The predicted octanol–water partition coefficient (Wildman–Crippen LogP) is 0.735. The van der Waals surface area contributed by atoms with Crippen LogP contribution >= 0.6 is 0 Å². The molecule has 1 rings (SSSR count). The standard InChI is InChI=1S/C9H18N2O/c1-7-4-3-5-9(6-10)11(7)8(2)12/h7,9H,3-6,10H2,1-2H3. The molecule has 2 N–H and O–H groups in total. The van der Waals surface area contributed by atoms with Gasteiger partial charge in [0.2, 0.25) is 5.91 Å². The number of hydrogen-bond donors (Lipinski definition) is 1. The smallest absolute Gasteiger partial charge is 0.219 e. The molecule has 3 nitrogen and oxygen atoms in total. The van der Waals surface area contributed by atoms with Crippen LogP contribution in [0.3, 0.4) is 0 Å². The van der Waals surface area contributed by atoms with Crippen LogP contribution in [0.4, 0.5) is 0 Å². The van der Waals surface area contributed by atoms with Gasteiger partial charge in [0.25, 0.3) is 0 Å². The first-order chi connectivity index (χ1) is 5.66. The van der Waals surface area contributed by atoms with Crippen molar-refractivity contribution >= 4 is 5.91 Å². The number of nitrogens with zero attached hydrogens (tertiary/aromatic N) is 1. The second kappa shape index (κ2) is 3.90. The highest BCUT2D eigenvalue weighted by atomic mass is 16.2. The average molecular weight is 170 g/mol. The average Bonchev–Trinajstić information content (AvgIpc) is 2.03. The van der Waals surface area contributed by atoms with E-state index in [9.17, 15) is 4.79 Å². The highest BCUT2D eigenvalue weighted by molar-refractivity contribution is 5.74. The van der Waals surface area contributed by atoms with Crippen molar-refractivity contribution in [2.24, 2.45) is 5.73 Å². The summed E-state index contributed by atoms with van der Waals surface area (Å²) in [5.74, 6) is 0.164. The molecule has 3 heteroatoms. The van der Waals surface area contributed by atoms with E-state index in [0.717, 1.165) is 12.8 Å². The molecule has 12 heavy (non-hydrogen) atoms. The number of hydrogen-bond acceptors (Lipinski definition) is 2. The van der Waals surface area contributed by atoms with E-state index >= 15 is 0 Å². The molecule has 0 aromatic heterocycles. The third-order valence-electron chi connectivity index (χ3n) is 2.66. The van der Waals surface area contributed by atoms with Crippen LogP contribution in [0, 0.1) is 0 Å². The van der Waals surface area contributed by atoms with Crippen molar-refractivity contribution in [3.8, 4) is 0 Å². The molecule has 2 unspecified atom stereocenters. The monoisotopic (exact) mass is 170 g/mol. The molecule has 0 aliphatic carbocycles. The fourth-order valence-corrected chi connectivity index (χ4v) is 2.09. The Hall–Kier alpha value is -0.570. The second-order valence-corrected chi connectivity index (χ2v) is 3.60. The predicted molar refractivity (Wildman–Crippen MR) is 48.7 cm³/mol. The Labute approximate surface area is 73.9 Å². The third-order valence-corrected chi connectivity index (χ3v) is 2.66. The van der Waals surface area contributed by atoms with Gasteiger partial charge in [-0.1, -0.05) is 0 Å². The van der Waals surface area contributed by atoms with E-state index in [1.807, 2.05) is 4.90 Å². The molecule has 0 saturated carbocycles. The summed E-state index contributed by atoms with van der Waals surface area (Å²) in [4.78, 5) is 13.2. The van der Waals surface area contributed by atoms with Crippen molar-refractivity contribution in [1.29, 1.82) is 0 Å². The van der Waals surface area contributed by atoms with Gasteiger partial charge < -0.3 is 10.6 Å². The number of nitrogens with two attached hydrogens (primary N) is 1. The quantitative estimate of drug-likeness (QED) is 0.630. The number of likely N-dealkylation sites (tertiary alicyclic amines) is 1. The first-order valence-corrected chi connectivity index (χ1v) is 4.65. The SMILES string of the molecule is CC(=O)N1C(C)CCCC1CN. The first-order valence-electron chi connectivity index (χ1n) is 4.65. The zero-order chi connectivity index (χ0) is 9.14. The summed E-state index contributed by atoms with van der Waals surface area (Å²) in [6.45, 7) is 4.33. The highest BCUT2D eigenvalue weighted by Gasteiger charge is 2.28. The molecule has 0 aromatic rings. The van der Waals surface area contributed by atoms with Gasteiger partial charge in [-0.25, -0.2) is 0 Å². The minimum atomic E-state index is 0.164. The van der Waals surface area contributed by atoms with Gasteiger partial charge in [-0.2, -0.15) is 0 Å². The fourth-order valence-electron chi connectivity index (χ4n) is 2.09. The largest absolute Gasteiger partial charge is 0.336 e. The Morgan fingerprint density at radius 3 is 2.67 bits per heavy atom. The van der Waals surface area contributed by atoms with E-state index in [1.165, 1.54) is 6.42 Å². The van der Waals surface area contributed by atoms with Gasteiger partial charge >= 0.3 is 0 Å². The number of piperidine rings is 1. The third kappa shape index (κ3) is 1.78. The van der Waals surface area contributed by atoms with Crippen LogP contribution in [-0.4, -0.2) is 29.4 Å². The summed E-state index contributed by atoms with van der Waals surface area (Å²) < 4.78 is 0. The molecule has 0 bridgehead atoms. The molecule has 0 aromatic carbocycles. The van der Waals surface area contributed by atoms with E-state index in [2.05, 4.69) is 6.92 Å². The van der Waals surface area contributed by atoms with Crippen molar-refractivity contribution in [2.45, 2.75) is 45.2 Å². The van der Waals surface area contributed by atoms with Crippen LogP contribution in [0.25, 0.3) is 0 Å². The fraction of sp³-hybridized carbons (Fsp3) is 0.889. The van der Waals surface area contributed by atoms with Gasteiger partial charge in [0.15, 0.2) is 0 Å². The van der Waals surface area contributed by atoms with Crippen LogP contribution in [0.2, 0.25) is 0 Å². The Balaban J connectivity index is 2.66. The lowest BCUT2D eigenvalue weighted by Gasteiger charge is -2.39. The van der Waals surface area contributed by atoms with Gasteiger partial charge in [-0.05, 0) is 26.2 Å². The van der Waals surface area contributed by atoms with Gasteiger partial charge in [0.1, 0.15) is 0 Å². The van der Waals surface area contributed by atoms with Gasteiger partial charge in [-0.15, -0.1) is 0 Å². The first kappa shape index (κ1) is 9.52. The molecule has 1 heterocycles. The molecule has 1 saturated heterocycles. The molecule has 0 spiro atoms. The maximum absolute atomic E-state index is 11.2. The van der Waals surface area contributed by atoms with E-state index in [0.29, 0.717) is 12.6 Å². The summed E-state index contributed by atoms with van der Waals surface area (Å²) in [5.41, 5.74) is 5.60. The summed E-state index contributed by atoms with van der Waals surface area (Å²) in [5, 5.41) is 0. The molecule has 1 fully saturated rings. The summed E-state index contributed by atoms with van der Waals surface area (Å²) in [6.07, 6.45) is 3.39. The van der Waals surface area contributed by atoms with Gasteiger partial charge in [0.05, 0.1) is 0 Å². The zero-order valence-electron chi connectivity index (χ0n) is 7.92. The Kier molecular flexibility index (Phi) is 3.09. The Morgan fingerprint density at radius 1 is 1.58 bits per heavy atom. The van der Waals surface area contributed by atoms with Crippen molar-refractivity contribution in [1.82, 2.24) is 4.90 Å². The van der Waals surface area contributed by atoms with Crippen molar-refractivity contribution in [3.05, 3.63) is 0 Å². The van der Waals surface area contributed by atoms with Gasteiger partial charge in [-0.3, -0.25) is 4.79 Å². The summed E-state index contributed by atoms with van der Waals surface area (Å²) in [6, 6.07) is 0.663. The molecule has 2 atom stereocenters. The van der Waals surface area contributed by atoms with E-state index in [4.69, 9.17) is 5.73 Å². The number of carbonyl (C=O) groups is 1. The van der Waals surface area contributed by atoms with Crippen LogP contribution in [0.1, 0.15) is 33.1 Å². The number of carbonyl (C=O) groups excluding carboxylic acids is 1. The summed E-state index contributed by atoms with van der Waals surface area (Å²) >= 11 is 0. The maximum Gasteiger partial charge on any atom is 0.219 e. The lowest BCUT2D eigenvalue weighted by molar-refractivity contribution is -0.135. The molecule has 1 amide bonds. The van der Waals surface area contributed by atoms with Crippen LogP contribution in [0.5, 0.6) is 0 Å². The van der Waals surface area contributed by atoms with Crippen LogP contribution in [-0.2, 0) is 4.79 Å². The Bertz CT molecular complexity index is 170. The van der Waals surface area contributed by atoms with E-state index < -0.39 is 0 Å². The zero-order valence-corrected chi connectivity index (χ0v) is 7.92. The van der Waals surface area contributed by atoms with E-state index in [-0.39, 0.29) is 11.9 Å². The molecular weight excluding hydrogens is 152 g/mol. The van der Waals surface area contributed by atoms with Crippen LogP contribution in [0.15, 0.2) is 0 Å². The molecule has 0 radical (unpaired) electrons. The van der Waals surface area contributed by atoms with Crippen molar-refractivity contribution < 1.29 is 4.79 Å². The van der Waals surface area contributed by atoms with E-state index in [1.54, 1.807) is 6.92 Å². The second-order valence-electron chi connectivity index (χ2n) is 3.60. The van der Waals surface area contributed by atoms with Crippen molar-refractivity contribution in [2.75, 3.05) is 6.54 Å². The van der Waals surface area contributed by atoms with Crippen LogP contribution < -0.4 is 5.73 Å². The minimum Gasteiger partial charge on any atom is -0.336 e. The number of amides is 1. The normalized spacial score (nSPS) is 30.4. The number of rotatable bonds is 1. The molecule has 1 aliphatic rings. The van der Waals surface area contributed by atoms with Crippen molar-refractivity contribution in [3.63, 3.8) is 0 Å². The lowest BCUT2D eigenvalue weighted by Crippen LogP contribution is -2.50. The summed E-state index contributed by atoms with van der Waals surface area (Å²) in [7, 11) is 0. The highest BCUT2D eigenvalue weighted by Crippen LogP contribution is 2.21. The molecule has 1 aliphatic heterocycles. The maximum atomic E-state index is 11.2. The topological polar surface area (TPSA) is 46.3 Å². The minimum absolute atomic E-state index is 0.164. The molecule has 70 valence electrons.